The molecule has 0 amide bonds. The van der Waals surface area contributed by atoms with Crippen LogP contribution in [0.3, 0.4) is 0 Å². The lowest BCUT2D eigenvalue weighted by Gasteiger charge is -2.25. The van der Waals surface area contributed by atoms with Crippen LogP contribution in [0.1, 0.15) is 20.3 Å². The Morgan fingerprint density at radius 3 is 2.82 bits per heavy atom. The van der Waals surface area contributed by atoms with Crippen molar-refractivity contribution in [2.24, 2.45) is 11.7 Å². The molecule has 0 unspecified atom stereocenters. The molecular formula is C12H18FN3S. The van der Waals surface area contributed by atoms with E-state index in [0.717, 1.165) is 6.54 Å². The zero-order valence-corrected chi connectivity index (χ0v) is 11.0. The van der Waals surface area contributed by atoms with Gasteiger partial charge < -0.3 is 10.6 Å². The highest BCUT2D eigenvalue weighted by Gasteiger charge is 2.14. The lowest BCUT2D eigenvalue weighted by molar-refractivity contribution is 0.575. The van der Waals surface area contributed by atoms with Gasteiger partial charge in [0, 0.05) is 25.7 Å². The molecule has 3 nitrogen and oxygen atoms in total. The number of hydrogen-bond donors (Lipinski definition) is 1. The molecule has 1 aromatic heterocycles. The van der Waals surface area contributed by atoms with Crippen LogP contribution in [-0.4, -0.2) is 23.1 Å². The quantitative estimate of drug-likeness (QED) is 0.792. The second-order valence-electron chi connectivity index (χ2n) is 4.37. The first kappa shape index (κ1) is 13.8. The second-order valence-corrected chi connectivity index (χ2v) is 4.89. The molecule has 0 aliphatic rings. The normalized spacial score (nSPS) is 10.6. The molecule has 0 fully saturated rings. The van der Waals surface area contributed by atoms with Crippen LogP contribution in [0.2, 0.25) is 0 Å². The van der Waals surface area contributed by atoms with Gasteiger partial charge in [-0.2, -0.15) is 0 Å². The van der Waals surface area contributed by atoms with E-state index in [1.165, 1.54) is 6.07 Å². The summed E-state index contributed by atoms with van der Waals surface area (Å²) in [7, 11) is 0. The van der Waals surface area contributed by atoms with E-state index in [1.807, 2.05) is 4.90 Å². The Labute approximate surface area is 107 Å². The fourth-order valence-corrected chi connectivity index (χ4v) is 1.67. The van der Waals surface area contributed by atoms with Crippen LogP contribution in [0.5, 0.6) is 0 Å². The third-order valence-corrected chi connectivity index (χ3v) is 2.46. The minimum Gasteiger partial charge on any atom is -0.393 e. The van der Waals surface area contributed by atoms with E-state index in [0.29, 0.717) is 29.7 Å². The smallest absolute Gasteiger partial charge is 0.165 e. The number of anilines is 1. The highest BCUT2D eigenvalue weighted by molar-refractivity contribution is 7.80. The minimum atomic E-state index is -0.309. The van der Waals surface area contributed by atoms with Gasteiger partial charge in [-0.3, -0.25) is 0 Å². The number of hydrogen-bond acceptors (Lipinski definition) is 3. The van der Waals surface area contributed by atoms with Crippen LogP contribution in [0, 0.1) is 11.7 Å². The fourth-order valence-electron chi connectivity index (χ4n) is 1.58. The maximum Gasteiger partial charge on any atom is 0.165 e. The molecule has 0 saturated carbocycles. The van der Waals surface area contributed by atoms with E-state index in [4.69, 9.17) is 18.0 Å². The summed E-state index contributed by atoms with van der Waals surface area (Å²) in [4.78, 5) is 6.40. The van der Waals surface area contributed by atoms with E-state index in [-0.39, 0.29) is 5.82 Å². The zero-order valence-electron chi connectivity index (χ0n) is 10.2. The third-order valence-electron chi connectivity index (χ3n) is 2.25. The zero-order chi connectivity index (χ0) is 12.8. The maximum atomic E-state index is 13.6. The molecule has 5 heteroatoms. The molecule has 2 N–H and O–H groups in total. The summed E-state index contributed by atoms with van der Waals surface area (Å²) < 4.78 is 13.6. The van der Waals surface area contributed by atoms with Crippen molar-refractivity contribution < 1.29 is 4.39 Å². The molecule has 1 aromatic rings. The average molecular weight is 255 g/mol. The molecule has 0 saturated heterocycles. The van der Waals surface area contributed by atoms with Crippen molar-refractivity contribution in [2.45, 2.75) is 20.3 Å². The van der Waals surface area contributed by atoms with E-state index < -0.39 is 0 Å². The molecule has 0 aromatic carbocycles. The van der Waals surface area contributed by atoms with Crippen LogP contribution < -0.4 is 10.6 Å². The largest absolute Gasteiger partial charge is 0.393 e. The van der Waals surface area contributed by atoms with Gasteiger partial charge in [-0.1, -0.05) is 26.1 Å². The Morgan fingerprint density at radius 1 is 1.59 bits per heavy atom. The summed E-state index contributed by atoms with van der Waals surface area (Å²) in [5.41, 5.74) is 5.48. The molecule has 0 spiro atoms. The van der Waals surface area contributed by atoms with Gasteiger partial charge >= 0.3 is 0 Å². The first-order chi connectivity index (χ1) is 8.00. The SMILES string of the molecule is CC(C)CN(CCC(N)=S)c1ncccc1F. The van der Waals surface area contributed by atoms with Crippen molar-refractivity contribution >= 4 is 23.0 Å². The van der Waals surface area contributed by atoms with Gasteiger partial charge in [0.05, 0.1) is 4.99 Å². The van der Waals surface area contributed by atoms with Gasteiger partial charge in [-0.05, 0) is 18.1 Å². The lowest BCUT2D eigenvalue weighted by atomic mass is 10.2. The minimum absolute atomic E-state index is 0.309. The summed E-state index contributed by atoms with van der Waals surface area (Å²) in [6.07, 6.45) is 2.16. The van der Waals surface area contributed by atoms with Crippen molar-refractivity contribution in [3.63, 3.8) is 0 Å². The van der Waals surface area contributed by atoms with Gasteiger partial charge in [0.25, 0.3) is 0 Å². The number of rotatable bonds is 6. The van der Waals surface area contributed by atoms with Crippen LogP contribution in [0.25, 0.3) is 0 Å². The average Bonchev–Trinajstić information content (AvgIpc) is 2.24. The molecule has 0 aliphatic carbocycles. The Morgan fingerprint density at radius 2 is 2.29 bits per heavy atom. The Hall–Kier alpha value is -1.23. The number of pyridine rings is 1. The van der Waals surface area contributed by atoms with E-state index in [2.05, 4.69) is 18.8 Å². The van der Waals surface area contributed by atoms with Crippen molar-refractivity contribution in [3.05, 3.63) is 24.1 Å². The van der Waals surface area contributed by atoms with Crippen molar-refractivity contribution in [2.75, 3.05) is 18.0 Å². The number of nitrogens with zero attached hydrogens (tertiary/aromatic N) is 2. The van der Waals surface area contributed by atoms with Crippen molar-refractivity contribution in [1.29, 1.82) is 0 Å². The number of halogens is 1. The van der Waals surface area contributed by atoms with Gasteiger partial charge in [0.1, 0.15) is 0 Å². The first-order valence-corrected chi connectivity index (χ1v) is 6.05. The molecule has 94 valence electrons. The van der Waals surface area contributed by atoms with E-state index in [9.17, 15) is 4.39 Å². The number of thiocarbonyl (C=S) groups is 1. The number of aromatic nitrogens is 1. The lowest BCUT2D eigenvalue weighted by Crippen LogP contribution is -2.32. The van der Waals surface area contributed by atoms with Crippen molar-refractivity contribution in [3.8, 4) is 0 Å². The Kier molecular flexibility index (Phi) is 5.28. The van der Waals surface area contributed by atoms with Gasteiger partial charge in [0.15, 0.2) is 11.6 Å². The highest BCUT2D eigenvalue weighted by atomic mass is 32.1. The molecule has 1 rings (SSSR count). The molecule has 0 aliphatic heterocycles. The first-order valence-electron chi connectivity index (χ1n) is 5.64. The van der Waals surface area contributed by atoms with Crippen molar-refractivity contribution in [1.82, 2.24) is 4.98 Å². The Balaban J connectivity index is 2.82. The van der Waals surface area contributed by atoms with Gasteiger partial charge in [0.2, 0.25) is 0 Å². The molecule has 0 bridgehead atoms. The summed E-state index contributed by atoms with van der Waals surface area (Å²) in [6.45, 7) is 5.49. The van der Waals surface area contributed by atoms with Crippen LogP contribution in [-0.2, 0) is 0 Å². The highest BCUT2D eigenvalue weighted by Crippen LogP contribution is 2.17. The monoisotopic (exact) mass is 255 g/mol. The summed E-state index contributed by atoms with van der Waals surface area (Å²) in [5.74, 6) is 0.483. The van der Waals surface area contributed by atoms with E-state index in [1.54, 1.807) is 12.3 Å². The summed E-state index contributed by atoms with van der Waals surface area (Å²) in [5, 5.41) is 0. The Bertz CT molecular complexity index is 382. The molecule has 17 heavy (non-hydrogen) atoms. The van der Waals surface area contributed by atoms with Crippen LogP contribution in [0.15, 0.2) is 18.3 Å². The second kappa shape index (κ2) is 6.49. The predicted molar refractivity (Wildman–Crippen MR) is 72.6 cm³/mol. The molecule has 0 radical (unpaired) electrons. The number of nitrogens with two attached hydrogens (primary N) is 1. The predicted octanol–water partition coefficient (Wildman–Crippen LogP) is 2.36. The van der Waals surface area contributed by atoms with Crippen LogP contribution >= 0.6 is 12.2 Å². The topological polar surface area (TPSA) is 42.1 Å². The van der Waals surface area contributed by atoms with E-state index >= 15 is 0 Å². The van der Waals surface area contributed by atoms with Crippen LogP contribution in [0.4, 0.5) is 10.2 Å². The van der Waals surface area contributed by atoms with Gasteiger partial charge in [-0.15, -0.1) is 0 Å². The summed E-state index contributed by atoms with van der Waals surface area (Å²) in [6, 6.07) is 3.00. The van der Waals surface area contributed by atoms with Gasteiger partial charge in [-0.25, -0.2) is 9.37 Å². The third kappa shape index (κ3) is 4.65. The summed E-state index contributed by atoms with van der Waals surface area (Å²) >= 11 is 4.85. The molecule has 1 heterocycles. The standard InChI is InChI=1S/C12H18FN3S/c1-9(2)8-16(7-5-11(14)17)12-10(13)4-3-6-15-12/h3-4,6,9H,5,7-8H2,1-2H3,(H2,14,17). The maximum absolute atomic E-state index is 13.6. The molecular weight excluding hydrogens is 237 g/mol. The fraction of sp³-hybridized carbons (Fsp3) is 0.500. The molecule has 0 atom stereocenters.